The standard InChI is InChI=1S/C9H9F2IN2O2/c10-9(11)5-3-14-6(2-13)8(12)4(5)1-7(15)16/h3,9H,1-2,13H2,(H,15,16). The van der Waals surface area contributed by atoms with E-state index in [1.54, 1.807) is 22.6 Å². The Morgan fingerprint density at radius 1 is 1.62 bits per heavy atom. The van der Waals surface area contributed by atoms with Crippen molar-refractivity contribution >= 4 is 28.6 Å². The van der Waals surface area contributed by atoms with Crippen LogP contribution in [0, 0.1) is 3.57 Å². The van der Waals surface area contributed by atoms with Crippen molar-refractivity contribution in [2.45, 2.75) is 19.4 Å². The minimum atomic E-state index is -2.73. The van der Waals surface area contributed by atoms with Gasteiger partial charge in [-0.15, -0.1) is 0 Å². The number of aromatic nitrogens is 1. The van der Waals surface area contributed by atoms with E-state index in [4.69, 9.17) is 10.8 Å². The molecule has 88 valence electrons. The molecular weight excluding hydrogens is 333 g/mol. The molecule has 0 saturated heterocycles. The second-order valence-electron chi connectivity index (χ2n) is 3.03. The number of nitrogens with zero attached hydrogens (tertiary/aromatic N) is 1. The number of nitrogens with two attached hydrogens (primary N) is 1. The maximum Gasteiger partial charge on any atom is 0.307 e. The molecule has 0 aliphatic carbocycles. The number of rotatable bonds is 4. The van der Waals surface area contributed by atoms with Gasteiger partial charge in [-0.25, -0.2) is 8.78 Å². The number of hydrogen-bond acceptors (Lipinski definition) is 3. The lowest BCUT2D eigenvalue weighted by Gasteiger charge is -2.11. The smallest absolute Gasteiger partial charge is 0.307 e. The van der Waals surface area contributed by atoms with Gasteiger partial charge in [0.05, 0.1) is 12.1 Å². The lowest BCUT2D eigenvalue weighted by Crippen LogP contribution is -2.12. The van der Waals surface area contributed by atoms with Gasteiger partial charge in [0, 0.05) is 21.9 Å². The van der Waals surface area contributed by atoms with Gasteiger partial charge in [-0.3, -0.25) is 9.78 Å². The number of carboxylic acid groups (broad SMARTS) is 1. The summed E-state index contributed by atoms with van der Waals surface area (Å²) >= 11 is 1.79. The third-order valence-electron chi connectivity index (χ3n) is 1.98. The number of carbonyl (C=O) groups is 1. The zero-order chi connectivity index (χ0) is 12.3. The number of alkyl halides is 2. The highest BCUT2D eigenvalue weighted by Gasteiger charge is 2.20. The SMILES string of the molecule is NCc1ncc(C(F)F)c(CC(=O)O)c1I. The zero-order valence-electron chi connectivity index (χ0n) is 8.08. The molecule has 0 amide bonds. The summed E-state index contributed by atoms with van der Waals surface area (Å²) in [6.45, 7) is 0.0917. The Morgan fingerprint density at radius 3 is 2.69 bits per heavy atom. The summed E-state index contributed by atoms with van der Waals surface area (Å²) in [4.78, 5) is 14.4. The summed E-state index contributed by atoms with van der Waals surface area (Å²) in [5, 5.41) is 8.66. The Hall–Kier alpha value is -0.830. The van der Waals surface area contributed by atoms with Crippen LogP contribution in [0.1, 0.15) is 23.2 Å². The molecule has 0 aromatic carbocycles. The lowest BCUT2D eigenvalue weighted by atomic mass is 10.1. The largest absolute Gasteiger partial charge is 0.481 e. The van der Waals surface area contributed by atoms with E-state index < -0.39 is 18.8 Å². The highest BCUT2D eigenvalue weighted by atomic mass is 127. The monoisotopic (exact) mass is 342 g/mol. The van der Waals surface area contributed by atoms with Gasteiger partial charge in [0.1, 0.15) is 0 Å². The molecule has 1 heterocycles. The minimum absolute atomic E-state index is 0.0917. The van der Waals surface area contributed by atoms with Crippen molar-refractivity contribution in [2.75, 3.05) is 0 Å². The maximum atomic E-state index is 12.6. The average molecular weight is 342 g/mol. The fourth-order valence-electron chi connectivity index (χ4n) is 1.24. The molecule has 4 nitrogen and oxygen atoms in total. The number of carboxylic acids is 1. The van der Waals surface area contributed by atoms with E-state index >= 15 is 0 Å². The van der Waals surface area contributed by atoms with E-state index in [1.165, 1.54) is 0 Å². The van der Waals surface area contributed by atoms with Crippen LogP contribution in [0.25, 0.3) is 0 Å². The Labute approximate surface area is 104 Å². The van der Waals surface area contributed by atoms with Crippen LogP contribution in [0.5, 0.6) is 0 Å². The van der Waals surface area contributed by atoms with E-state index in [-0.39, 0.29) is 17.7 Å². The normalized spacial score (nSPS) is 10.8. The summed E-state index contributed by atoms with van der Waals surface area (Å²) in [6.07, 6.45) is -2.19. The molecule has 0 spiro atoms. The molecule has 0 saturated carbocycles. The van der Waals surface area contributed by atoms with Gasteiger partial charge in [0.15, 0.2) is 0 Å². The molecule has 0 unspecified atom stereocenters. The van der Waals surface area contributed by atoms with Crippen LogP contribution >= 0.6 is 22.6 Å². The number of hydrogen-bond donors (Lipinski definition) is 2. The molecular formula is C9H9F2IN2O2. The van der Waals surface area contributed by atoms with Gasteiger partial charge in [-0.2, -0.15) is 0 Å². The quantitative estimate of drug-likeness (QED) is 0.817. The number of halogens is 3. The van der Waals surface area contributed by atoms with Gasteiger partial charge in [0.2, 0.25) is 0 Å². The maximum absolute atomic E-state index is 12.6. The molecule has 0 atom stereocenters. The Morgan fingerprint density at radius 2 is 2.25 bits per heavy atom. The molecule has 3 N–H and O–H groups in total. The Kier molecular flexibility index (Phi) is 4.54. The topological polar surface area (TPSA) is 76.2 Å². The molecule has 1 aromatic heterocycles. The summed E-state index contributed by atoms with van der Waals surface area (Å²) in [5.74, 6) is -1.16. The predicted molar refractivity (Wildman–Crippen MR) is 61.1 cm³/mol. The van der Waals surface area contributed by atoms with E-state index in [2.05, 4.69) is 4.98 Å². The summed E-state index contributed by atoms with van der Waals surface area (Å²) in [7, 11) is 0. The molecule has 0 aliphatic heterocycles. The van der Waals surface area contributed by atoms with Crippen molar-refractivity contribution in [2.24, 2.45) is 5.73 Å². The molecule has 7 heteroatoms. The van der Waals surface area contributed by atoms with Crippen LogP contribution in [-0.4, -0.2) is 16.1 Å². The van der Waals surface area contributed by atoms with E-state index in [0.717, 1.165) is 6.20 Å². The van der Waals surface area contributed by atoms with Crippen LogP contribution in [-0.2, 0) is 17.8 Å². The first kappa shape index (κ1) is 13.2. The first-order valence-electron chi connectivity index (χ1n) is 4.33. The van der Waals surface area contributed by atoms with Gasteiger partial charge in [-0.1, -0.05) is 0 Å². The van der Waals surface area contributed by atoms with Crippen molar-refractivity contribution in [3.8, 4) is 0 Å². The van der Waals surface area contributed by atoms with Gasteiger partial charge in [0.25, 0.3) is 6.43 Å². The van der Waals surface area contributed by atoms with Crippen LogP contribution in [0.3, 0.4) is 0 Å². The third kappa shape index (κ3) is 2.85. The molecule has 0 radical (unpaired) electrons. The average Bonchev–Trinajstić information content (AvgIpc) is 2.19. The second kappa shape index (κ2) is 5.48. The Bertz CT molecular complexity index is 413. The van der Waals surface area contributed by atoms with Crippen molar-refractivity contribution < 1.29 is 18.7 Å². The second-order valence-corrected chi connectivity index (χ2v) is 4.11. The lowest BCUT2D eigenvalue weighted by molar-refractivity contribution is -0.136. The predicted octanol–water partition coefficient (Wildman–Crippen LogP) is 1.71. The molecule has 16 heavy (non-hydrogen) atoms. The van der Waals surface area contributed by atoms with Crippen LogP contribution < -0.4 is 5.73 Å². The van der Waals surface area contributed by atoms with Gasteiger partial charge in [-0.05, 0) is 28.2 Å². The van der Waals surface area contributed by atoms with Crippen molar-refractivity contribution in [3.63, 3.8) is 0 Å². The van der Waals surface area contributed by atoms with E-state index in [1.807, 2.05) is 0 Å². The van der Waals surface area contributed by atoms with Gasteiger partial charge >= 0.3 is 5.97 Å². The third-order valence-corrected chi connectivity index (χ3v) is 3.26. The fraction of sp³-hybridized carbons (Fsp3) is 0.333. The van der Waals surface area contributed by atoms with Crippen LogP contribution in [0.2, 0.25) is 0 Å². The van der Waals surface area contributed by atoms with Gasteiger partial charge < -0.3 is 10.8 Å². The van der Waals surface area contributed by atoms with Crippen molar-refractivity contribution in [1.29, 1.82) is 0 Å². The number of pyridine rings is 1. The highest BCUT2D eigenvalue weighted by molar-refractivity contribution is 14.1. The Balaban J connectivity index is 3.30. The molecule has 1 aromatic rings. The first-order valence-corrected chi connectivity index (χ1v) is 5.41. The highest BCUT2D eigenvalue weighted by Crippen LogP contribution is 2.27. The summed E-state index contributed by atoms with van der Waals surface area (Å²) < 4.78 is 25.7. The van der Waals surface area contributed by atoms with Crippen LogP contribution in [0.4, 0.5) is 8.78 Å². The van der Waals surface area contributed by atoms with E-state index in [9.17, 15) is 13.6 Å². The molecule has 0 aliphatic rings. The van der Waals surface area contributed by atoms with Crippen LogP contribution in [0.15, 0.2) is 6.20 Å². The minimum Gasteiger partial charge on any atom is -0.481 e. The van der Waals surface area contributed by atoms with E-state index in [0.29, 0.717) is 9.26 Å². The molecule has 0 fully saturated rings. The summed E-state index contributed by atoms with van der Waals surface area (Å²) in [5.41, 5.74) is 5.56. The summed E-state index contributed by atoms with van der Waals surface area (Å²) in [6, 6.07) is 0. The molecule has 0 bridgehead atoms. The fourth-order valence-corrected chi connectivity index (χ4v) is 2.11. The van der Waals surface area contributed by atoms with Crippen molar-refractivity contribution in [1.82, 2.24) is 4.98 Å². The first-order chi connectivity index (χ1) is 7.47. The zero-order valence-corrected chi connectivity index (χ0v) is 10.2. The van der Waals surface area contributed by atoms with Crippen molar-refractivity contribution in [3.05, 3.63) is 26.6 Å². The number of aliphatic carboxylic acids is 1. The molecule has 1 rings (SSSR count).